The fraction of sp³-hybridized carbons (Fsp3) is 0.308. The van der Waals surface area contributed by atoms with Crippen LogP contribution in [0.2, 0.25) is 0 Å². The molecule has 120 valence electrons. The molecule has 0 heterocycles. The van der Waals surface area contributed by atoms with Gasteiger partial charge in [-0.1, -0.05) is 6.07 Å². The van der Waals surface area contributed by atoms with E-state index < -0.39 is 23.6 Å². The van der Waals surface area contributed by atoms with Crippen LogP contribution < -0.4 is 16.0 Å². The molecule has 1 aromatic rings. The molecule has 0 fully saturated rings. The van der Waals surface area contributed by atoms with Crippen LogP contribution in [0.15, 0.2) is 24.3 Å². The first-order valence-electron chi connectivity index (χ1n) is 6.21. The average Bonchev–Trinajstić information content (AvgIpc) is 2.42. The zero-order valence-corrected chi connectivity index (χ0v) is 11.6. The number of hydrogen-bond acceptors (Lipinski definition) is 3. The van der Waals surface area contributed by atoms with Gasteiger partial charge in [0.1, 0.15) is 0 Å². The van der Waals surface area contributed by atoms with E-state index in [9.17, 15) is 27.6 Å². The van der Waals surface area contributed by atoms with E-state index in [0.29, 0.717) is 0 Å². The van der Waals surface area contributed by atoms with Crippen LogP contribution >= 0.6 is 0 Å². The van der Waals surface area contributed by atoms with E-state index >= 15 is 0 Å². The molecular weight excluding hydrogens is 303 g/mol. The van der Waals surface area contributed by atoms with Gasteiger partial charge in [-0.15, -0.1) is 0 Å². The molecule has 0 aromatic heterocycles. The molecule has 0 aliphatic rings. The molecule has 1 rings (SSSR count). The summed E-state index contributed by atoms with van der Waals surface area (Å²) in [6.45, 7) is 1.45. The quantitative estimate of drug-likeness (QED) is 0.569. The van der Waals surface area contributed by atoms with E-state index in [1.807, 2.05) is 0 Å². The second kappa shape index (κ2) is 7.43. The molecule has 0 saturated carbocycles. The van der Waals surface area contributed by atoms with Gasteiger partial charge in [0.15, 0.2) is 0 Å². The Bertz CT molecular complexity index is 573. The van der Waals surface area contributed by atoms with Gasteiger partial charge in [-0.25, -0.2) is 0 Å². The Morgan fingerprint density at radius 2 is 1.68 bits per heavy atom. The van der Waals surface area contributed by atoms with E-state index in [-0.39, 0.29) is 24.7 Å². The van der Waals surface area contributed by atoms with Crippen LogP contribution in [0.4, 0.5) is 18.9 Å². The van der Waals surface area contributed by atoms with Gasteiger partial charge in [0.25, 0.3) is 0 Å². The Morgan fingerprint density at radius 1 is 1.05 bits per heavy atom. The van der Waals surface area contributed by atoms with Crippen molar-refractivity contribution in [3.8, 4) is 0 Å². The summed E-state index contributed by atoms with van der Waals surface area (Å²) in [5.41, 5.74) is -1.08. The van der Waals surface area contributed by atoms with Gasteiger partial charge < -0.3 is 16.0 Å². The number of rotatable bonds is 4. The molecule has 6 nitrogen and oxygen atoms in total. The van der Waals surface area contributed by atoms with E-state index in [1.165, 1.54) is 13.0 Å². The van der Waals surface area contributed by atoms with Crippen molar-refractivity contribution in [2.75, 3.05) is 18.4 Å². The highest BCUT2D eigenvalue weighted by atomic mass is 19.4. The van der Waals surface area contributed by atoms with Crippen LogP contribution in [-0.2, 0) is 20.6 Å². The molecule has 0 aliphatic carbocycles. The summed E-state index contributed by atoms with van der Waals surface area (Å²) in [4.78, 5) is 33.5. The third kappa shape index (κ3) is 5.81. The fourth-order valence-corrected chi connectivity index (χ4v) is 1.46. The minimum Gasteiger partial charge on any atom is -0.355 e. The lowest BCUT2D eigenvalue weighted by Crippen LogP contribution is -2.39. The van der Waals surface area contributed by atoms with E-state index in [0.717, 1.165) is 18.2 Å². The Morgan fingerprint density at radius 3 is 2.27 bits per heavy atom. The van der Waals surface area contributed by atoms with Crippen LogP contribution in [0.5, 0.6) is 0 Å². The third-order valence-electron chi connectivity index (χ3n) is 2.44. The molecule has 0 radical (unpaired) electrons. The van der Waals surface area contributed by atoms with Gasteiger partial charge in [0.2, 0.25) is 5.91 Å². The maximum atomic E-state index is 12.5. The summed E-state index contributed by atoms with van der Waals surface area (Å²) in [6, 6.07) is 3.93. The molecule has 9 heteroatoms. The van der Waals surface area contributed by atoms with Crippen molar-refractivity contribution in [2.24, 2.45) is 0 Å². The molecule has 0 bridgehead atoms. The molecule has 1 aromatic carbocycles. The molecule has 3 amide bonds. The lowest BCUT2D eigenvalue weighted by atomic mass is 10.2. The highest BCUT2D eigenvalue weighted by molar-refractivity contribution is 6.39. The fourth-order valence-electron chi connectivity index (χ4n) is 1.46. The topological polar surface area (TPSA) is 87.3 Å². The number of carbonyl (C=O) groups excluding carboxylic acids is 3. The summed E-state index contributed by atoms with van der Waals surface area (Å²) in [6.07, 6.45) is -4.54. The zero-order chi connectivity index (χ0) is 16.8. The van der Waals surface area contributed by atoms with Crippen LogP contribution in [-0.4, -0.2) is 30.8 Å². The first-order valence-corrected chi connectivity index (χ1v) is 6.21. The van der Waals surface area contributed by atoms with Gasteiger partial charge in [-0.2, -0.15) is 13.2 Å². The van der Waals surface area contributed by atoms with Crippen LogP contribution in [0.25, 0.3) is 0 Å². The minimum absolute atomic E-state index is 0.0222. The summed E-state index contributed by atoms with van der Waals surface area (Å²) < 4.78 is 37.5. The van der Waals surface area contributed by atoms with Crippen molar-refractivity contribution in [1.29, 1.82) is 0 Å². The smallest absolute Gasteiger partial charge is 0.355 e. The monoisotopic (exact) mass is 317 g/mol. The van der Waals surface area contributed by atoms with Crippen molar-refractivity contribution >= 4 is 23.4 Å². The largest absolute Gasteiger partial charge is 0.416 e. The second-order valence-corrected chi connectivity index (χ2v) is 4.27. The minimum atomic E-state index is -4.54. The standard InChI is InChI=1S/C13H14F3N3O3/c1-8(20)17-5-6-18-11(21)12(22)19-10-4-2-3-9(7-10)13(14,15)16/h2-4,7H,5-6H2,1H3,(H,17,20)(H,18,21)(H,19,22). The van der Waals surface area contributed by atoms with Gasteiger partial charge in [0.05, 0.1) is 5.56 Å². The summed E-state index contributed by atoms with van der Waals surface area (Å²) in [7, 11) is 0. The Kier molecular flexibility index (Phi) is 5.90. The predicted molar refractivity (Wildman–Crippen MR) is 71.8 cm³/mol. The van der Waals surface area contributed by atoms with Crippen LogP contribution in [0, 0.1) is 0 Å². The molecular formula is C13H14F3N3O3. The zero-order valence-electron chi connectivity index (χ0n) is 11.6. The summed E-state index contributed by atoms with van der Waals surface area (Å²) in [5.74, 6) is -2.40. The molecule has 22 heavy (non-hydrogen) atoms. The predicted octanol–water partition coefficient (Wildman–Crippen LogP) is 0.896. The number of nitrogens with one attached hydrogen (secondary N) is 3. The summed E-state index contributed by atoms with van der Waals surface area (Å²) in [5, 5.41) is 6.68. The van der Waals surface area contributed by atoms with E-state index in [2.05, 4.69) is 16.0 Å². The van der Waals surface area contributed by atoms with Crippen molar-refractivity contribution in [3.05, 3.63) is 29.8 Å². The number of hydrogen-bond donors (Lipinski definition) is 3. The number of carbonyl (C=O) groups is 3. The number of halogens is 3. The number of amides is 3. The van der Waals surface area contributed by atoms with Gasteiger partial charge >= 0.3 is 18.0 Å². The van der Waals surface area contributed by atoms with Gasteiger partial charge in [0, 0.05) is 25.7 Å². The first kappa shape index (κ1) is 17.5. The summed E-state index contributed by atoms with van der Waals surface area (Å²) >= 11 is 0. The average molecular weight is 317 g/mol. The highest BCUT2D eigenvalue weighted by Gasteiger charge is 2.30. The van der Waals surface area contributed by atoms with E-state index in [4.69, 9.17) is 0 Å². The normalized spacial score (nSPS) is 10.7. The van der Waals surface area contributed by atoms with Gasteiger partial charge in [-0.05, 0) is 18.2 Å². The van der Waals surface area contributed by atoms with Crippen molar-refractivity contribution in [2.45, 2.75) is 13.1 Å². The van der Waals surface area contributed by atoms with Crippen molar-refractivity contribution in [1.82, 2.24) is 10.6 Å². The van der Waals surface area contributed by atoms with Crippen LogP contribution in [0.1, 0.15) is 12.5 Å². The molecule has 0 saturated heterocycles. The molecule has 0 spiro atoms. The Balaban J connectivity index is 2.54. The lowest BCUT2D eigenvalue weighted by molar-refractivity contribution is -0.137. The number of alkyl halides is 3. The van der Waals surface area contributed by atoms with Gasteiger partial charge in [-0.3, -0.25) is 14.4 Å². The first-order chi connectivity index (χ1) is 10.2. The SMILES string of the molecule is CC(=O)NCCNC(=O)C(=O)Nc1cccc(C(F)(F)F)c1. The maximum absolute atomic E-state index is 12.5. The Labute approximate surface area is 124 Å². The molecule has 0 unspecified atom stereocenters. The lowest BCUT2D eigenvalue weighted by Gasteiger charge is -2.10. The number of anilines is 1. The highest BCUT2D eigenvalue weighted by Crippen LogP contribution is 2.30. The van der Waals surface area contributed by atoms with E-state index in [1.54, 1.807) is 0 Å². The van der Waals surface area contributed by atoms with Crippen molar-refractivity contribution < 1.29 is 27.6 Å². The van der Waals surface area contributed by atoms with Crippen molar-refractivity contribution in [3.63, 3.8) is 0 Å². The third-order valence-corrected chi connectivity index (χ3v) is 2.44. The van der Waals surface area contributed by atoms with Crippen LogP contribution in [0.3, 0.4) is 0 Å². The second-order valence-electron chi connectivity index (χ2n) is 4.27. The number of benzene rings is 1. The molecule has 0 atom stereocenters. The Hall–Kier alpha value is -2.58. The molecule has 0 aliphatic heterocycles. The molecule has 3 N–H and O–H groups in total. The maximum Gasteiger partial charge on any atom is 0.416 e.